The molecule has 17 heavy (non-hydrogen) atoms. The van der Waals surface area contributed by atoms with Gasteiger partial charge >= 0.3 is 0 Å². The summed E-state index contributed by atoms with van der Waals surface area (Å²) < 4.78 is 5.36. The number of methoxy groups -OCH3 is 1. The summed E-state index contributed by atoms with van der Waals surface area (Å²) in [6.45, 7) is 4.49. The second kappa shape index (κ2) is 6.17. The lowest BCUT2D eigenvalue weighted by atomic mass is 9.73. The van der Waals surface area contributed by atoms with Crippen molar-refractivity contribution in [3.05, 3.63) is 0 Å². The molecule has 3 nitrogen and oxygen atoms in total. The van der Waals surface area contributed by atoms with Crippen LogP contribution in [0.5, 0.6) is 0 Å². The summed E-state index contributed by atoms with van der Waals surface area (Å²) in [5.41, 5.74) is 0.665. The Morgan fingerprint density at radius 1 is 1.24 bits per heavy atom. The van der Waals surface area contributed by atoms with Crippen LogP contribution >= 0.6 is 0 Å². The molecule has 0 amide bonds. The number of likely N-dealkylation sites (N-methyl/N-ethyl adjacent to an activating group) is 1. The number of nitrogens with one attached hydrogen (secondary N) is 1. The minimum absolute atomic E-state index is 0.561. The van der Waals surface area contributed by atoms with E-state index in [1.54, 1.807) is 0 Å². The van der Waals surface area contributed by atoms with E-state index in [1.165, 1.54) is 51.6 Å². The number of hydrogen-bond donors (Lipinski definition) is 1. The molecule has 1 N–H and O–H groups in total. The van der Waals surface area contributed by atoms with Gasteiger partial charge in [0, 0.05) is 26.2 Å². The van der Waals surface area contributed by atoms with Crippen LogP contribution < -0.4 is 5.32 Å². The minimum Gasteiger partial charge on any atom is -0.383 e. The third-order valence-corrected chi connectivity index (χ3v) is 4.70. The molecule has 1 aliphatic carbocycles. The molecule has 3 heteroatoms. The molecule has 0 aromatic carbocycles. The van der Waals surface area contributed by atoms with Crippen LogP contribution in [0.15, 0.2) is 0 Å². The maximum absolute atomic E-state index is 5.36. The van der Waals surface area contributed by atoms with Gasteiger partial charge in [0.25, 0.3) is 0 Å². The van der Waals surface area contributed by atoms with E-state index < -0.39 is 0 Å². The van der Waals surface area contributed by atoms with Crippen LogP contribution in [-0.2, 0) is 4.74 Å². The zero-order valence-corrected chi connectivity index (χ0v) is 11.5. The predicted octanol–water partition coefficient (Wildman–Crippen LogP) is 1.88. The summed E-state index contributed by atoms with van der Waals surface area (Å²) >= 11 is 0. The van der Waals surface area contributed by atoms with Crippen LogP contribution in [0, 0.1) is 5.41 Å². The minimum atomic E-state index is 0.561. The molecule has 0 aromatic heterocycles. The van der Waals surface area contributed by atoms with E-state index >= 15 is 0 Å². The molecule has 2 aliphatic rings. The lowest BCUT2D eigenvalue weighted by Gasteiger charge is -2.35. The third-order valence-electron chi connectivity index (χ3n) is 4.70. The van der Waals surface area contributed by atoms with Gasteiger partial charge in [0.15, 0.2) is 0 Å². The molecule has 0 bridgehead atoms. The third kappa shape index (κ3) is 3.21. The fourth-order valence-corrected chi connectivity index (χ4v) is 3.71. The zero-order valence-electron chi connectivity index (χ0n) is 11.5. The van der Waals surface area contributed by atoms with Gasteiger partial charge in [0.2, 0.25) is 0 Å². The van der Waals surface area contributed by atoms with E-state index in [2.05, 4.69) is 10.2 Å². The van der Waals surface area contributed by atoms with Crippen molar-refractivity contribution in [1.82, 2.24) is 10.2 Å². The average Bonchev–Trinajstić information content (AvgIpc) is 2.74. The lowest BCUT2D eigenvalue weighted by molar-refractivity contribution is 0.0903. The van der Waals surface area contributed by atoms with Crippen LogP contribution in [-0.4, -0.2) is 51.3 Å². The molecule has 1 heterocycles. The summed E-state index contributed by atoms with van der Waals surface area (Å²) in [7, 11) is 3.85. The van der Waals surface area contributed by atoms with Crippen LogP contribution in [0.2, 0.25) is 0 Å². The van der Waals surface area contributed by atoms with E-state index in [-0.39, 0.29) is 0 Å². The van der Waals surface area contributed by atoms with Gasteiger partial charge in [0.1, 0.15) is 0 Å². The van der Waals surface area contributed by atoms with Crippen LogP contribution in [0.3, 0.4) is 0 Å². The normalized spacial score (nSPS) is 26.5. The second-order valence-corrected chi connectivity index (χ2v) is 5.95. The summed E-state index contributed by atoms with van der Waals surface area (Å²) in [6, 6.07) is 0.561. The summed E-state index contributed by atoms with van der Waals surface area (Å²) in [6.07, 6.45) is 8.70. The Hall–Kier alpha value is -0.120. The Labute approximate surface area is 106 Å². The van der Waals surface area contributed by atoms with Gasteiger partial charge in [-0.1, -0.05) is 19.3 Å². The van der Waals surface area contributed by atoms with Crippen molar-refractivity contribution in [2.24, 2.45) is 5.41 Å². The zero-order chi connectivity index (χ0) is 12.1. The number of hydrogen-bond acceptors (Lipinski definition) is 3. The number of nitrogens with zero attached hydrogens (tertiary/aromatic N) is 1. The highest BCUT2D eigenvalue weighted by Gasteiger charge is 2.40. The first-order chi connectivity index (χ1) is 8.29. The predicted molar refractivity (Wildman–Crippen MR) is 71.3 cm³/mol. The van der Waals surface area contributed by atoms with Gasteiger partial charge in [-0.15, -0.1) is 0 Å². The van der Waals surface area contributed by atoms with Crippen molar-refractivity contribution in [3.8, 4) is 0 Å². The largest absolute Gasteiger partial charge is 0.383 e. The molecule has 1 saturated heterocycles. The van der Waals surface area contributed by atoms with Gasteiger partial charge in [-0.2, -0.15) is 0 Å². The van der Waals surface area contributed by atoms with Crippen molar-refractivity contribution in [1.29, 1.82) is 0 Å². The molecular formula is C14H28N2O. The Morgan fingerprint density at radius 3 is 2.65 bits per heavy atom. The molecule has 0 radical (unpaired) electrons. The second-order valence-electron chi connectivity index (χ2n) is 5.95. The monoisotopic (exact) mass is 240 g/mol. The Bertz CT molecular complexity index is 220. The van der Waals surface area contributed by atoms with Crippen molar-refractivity contribution >= 4 is 0 Å². The summed E-state index contributed by atoms with van der Waals surface area (Å²) in [5, 5.41) is 3.30. The smallest absolute Gasteiger partial charge is 0.0630 e. The topological polar surface area (TPSA) is 24.5 Å². The fourth-order valence-electron chi connectivity index (χ4n) is 3.71. The Morgan fingerprint density at radius 2 is 2.00 bits per heavy atom. The molecule has 1 atom stereocenters. The van der Waals surface area contributed by atoms with Crippen molar-refractivity contribution in [2.75, 3.05) is 40.4 Å². The standard InChI is InChI=1S/C14H28N2O/c1-15-10-13(11-17-2)16-9-8-14(12-16)6-4-3-5-7-14/h13,15H,3-12H2,1-2H3. The van der Waals surface area contributed by atoms with Gasteiger partial charge in [-0.05, 0) is 38.3 Å². The first kappa shape index (κ1) is 13.3. The van der Waals surface area contributed by atoms with Crippen molar-refractivity contribution in [2.45, 2.75) is 44.6 Å². The highest BCUT2D eigenvalue weighted by Crippen LogP contribution is 2.44. The van der Waals surface area contributed by atoms with Crippen LogP contribution in [0.1, 0.15) is 38.5 Å². The highest BCUT2D eigenvalue weighted by molar-refractivity contribution is 4.94. The van der Waals surface area contributed by atoms with Gasteiger partial charge in [-0.25, -0.2) is 0 Å². The van der Waals surface area contributed by atoms with E-state index in [0.29, 0.717) is 11.5 Å². The number of ether oxygens (including phenoxy) is 1. The average molecular weight is 240 g/mol. The fraction of sp³-hybridized carbons (Fsp3) is 1.00. The molecule has 1 saturated carbocycles. The molecule has 2 rings (SSSR count). The van der Waals surface area contributed by atoms with Gasteiger partial charge in [0.05, 0.1) is 6.61 Å². The van der Waals surface area contributed by atoms with Crippen molar-refractivity contribution in [3.63, 3.8) is 0 Å². The SMILES string of the molecule is CNCC(COC)N1CCC2(CCCCC2)C1. The van der Waals surface area contributed by atoms with E-state index in [0.717, 1.165) is 13.2 Å². The molecule has 1 aliphatic heterocycles. The molecular weight excluding hydrogens is 212 g/mol. The molecule has 2 fully saturated rings. The molecule has 1 unspecified atom stereocenters. The van der Waals surface area contributed by atoms with E-state index in [1.807, 2.05) is 14.2 Å². The van der Waals surface area contributed by atoms with Gasteiger partial charge in [-0.3, -0.25) is 4.90 Å². The highest BCUT2D eigenvalue weighted by atomic mass is 16.5. The first-order valence-electron chi connectivity index (χ1n) is 7.17. The number of rotatable bonds is 5. The molecule has 100 valence electrons. The lowest BCUT2D eigenvalue weighted by Crippen LogP contribution is -2.44. The van der Waals surface area contributed by atoms with Gasteiger partial charge < -0.3 is 10.1 Å². The molecule has 0 aromatic rings. The van der Waals surface area contributed by atoms with Crippen LogP contribution in [0.25, 0.3) is 0 Å². The van der Waals surface area contributed by atoms with E-state index in [9.17, 15) is 0 Å². The summed E-state index contributed by atoms with van der Waals surface area (Å²) in [4.78, 5) is 2.66. The first-order valence-corrected chi connectivity index (χ1v) is 7.17. The number of likely N-dealkylation sites (tertiary alicyclic amines) is 1. The Balaban J connectivity index is 1.90. The maximum Gasteiger partial charge on any atom is 0.0630 e. The quantitative estimate of drug-likeness (QED) is 0.794. The van der Waals surface area contributed by atoms with E-state index in [4.69, 9.17) is 4.74 Å². The van der Waals surface area contributed by atoms with Crippen molar-refractivity contribution < 1.29 is 4.74 Å². The maximum atomic E-state index is 5.36. The molecule has 1 spiro atoms. The Kier molecular flexibility index (Phi) is 4.83. The van der Waals surface area contributed by atoms with Crippen LogP contribution in [0.4, 0.5) is 0 Å². The summed E-state index contributed by atoms with van der Waals surface area (Å²) in [5.74, 6) is 0.